The smallest absolute Gasteiger partial charge is 0.312 e. The van der Waals surface area contributed by atoms with Gasteiger partial charge in [0.1, 0.15) is 11.5 Å². The van der Waals surface area contributed by atoms with Crippen molar-refractivity contribution in [3.63, 3.8) is 0 Å². The lowest BCUT2D eigenvalue weighted by molar-refractivity contribution is -0.385. The molecule has 0 atom stereocenters. The summed E-state index contributed by atoms with van der Waals surface area (Å²) in [7, 11) is 2.90. The number of methoxy groups -OCH3 is 2. The summed E-state index contributed by atoms with van der Waals surface area (Å²) in [5.74, 6) is -0.311. The van der Waals surface area contributed by atoms with Gasteiger partial charge < -0.3 is 14.6 Å². The van der Waals surface area contributed by atoms with Crippen molar-refractivity contribution in [1.29, 1.82) is 0 Å². The molecule has 0 saturated heterocycles. The van der Waals surface area contributed by atoms with E-state index in [2.05, 4.69) is 26.5 Å². The molecule has 10 heteroatoms. The van der Waals surface area contributed by atoms with Crippen molar-refractivity contribution in [3.05, 3.63) is 56.0 Å². The molecular weight excluding hydrogens is 410 g/mol. The first-order chi connectivity index (χ1) is 12.4. The van der Waals surface area contributed by atoms with Gasteiger partial charge in [0.2, 0.25) is 5.75 Å². The topological polar surface area (TPSA) is 123 Å². The summed E-state index contributed by atoms with van der Waals surface area (Å²) >= 11 is 3.11. The molecule has 0 spiro atoms. The number of phenolic OH excluding ortho intramolecular Hbond substituents is 1. The van der Waals surface area contributed by atoms with E-state index in [1.165, 1.54) is 26.4 Å². The third-order valence-corrected chi connectivity index (χ3v) is 3.76. The van der Waals surface area contributed by atoms with Gasteiger partial charge in [0.15, 0.2) is 0 Å². The molecule has 136 valence electrons. The van der Waals surface area contributed by atoms with Gasteiger partial charge >= 0.3 is 5.69 Å². The monoisotopic (exact) mass is 423 g/mol. The number of carbonyl (C=O) groups excluding carboxylic acids is 1. The maximum atomic E-state index is 12.2. The predicted molar refractivity (Wildman–Crippen MR) is 97.1 cm³/mol. The third-order valence-electron chi connectivity index (χ3n) is 3.30. The van der Waals surface area contributed by atoms with Gasteiger partial charge in [0, 0.05) is 22.2 Å². The number of halogens is 1. The first-order valence-corrected chi connectivity index (χ1v) is 7.89. The summed E-state index contributed by atoms with van der Waals surface area (Å²) < 4.78 is 10.6. The lowest BCUT2D eigenvalue weighted by Gasteiger charge is -2.09. The van der Waals surface area contributed by atoms with Gasteiger partial charge in [-0.1, -0.05) is 15.9 Å². The predicted octanol–water partition coefficient (Wildman–Crippen LogP) is 2.84. The fourth-order valence-electron chi connectivity index (χ4n) is 2.05. The molecule has 0 bridgehead atoms. The summed E-state index contributed by atoms with van der Waals surface area (Å²) in [6, 6.07) is 7.22. The van der Waals surface area contributed by atoms with Crippen LogP contribution >= 0.6 is 15.9 Å². The first-order valence-electron chi connectivity index (χ1n) is 7.09. The molecule has 0 fully saturated rings. The quantitative estimate of drug-likeness (QED) is 0.418. The number of rotatable bonds is 6. The van der Waals surface area contributed by atoms with Crippen molar-refractivity contribution in [2.75, 3.05) is 14.2 Å². The van der Waals surface area contributed by atoms with Crippen LogP contribution in [0.5, 0.6) is 17.2 Å². The Morgan fingerprint density at radius 1 is 1.31 bits per heavy atom. The molecule has 0 aliphatic heterocycles. The van der Waals surface area contributed by atoms with Crippen LogP contribution in [0.25, 0.3) is 0 Å². The Kier molecular flexibility index (Phi) is 6.12. The van der Waals surface area contributed by atoms with Gasteiger partial charge in [-0.3, -0.25) is 14.9 Å². The fraction of sp³-hybridized carbons (Fsp3) is 0.125. The third kappa shape index (κ3) is 4.28. The highest BCUT2D eigenvalue weighted by atomic mass is 79.9. The molecule has 0 saturated carbocycles. The summed E-state index contributed by atoms with van der Waals surface area (Å²) in [6.45, 7) is 0. The van der Waals surface area contributed by atoms with Gasteiger partial charge in [0.25, 0.3) is 5.91 Å². The minimum absolute atomic E-state index is 0.0630. The number of hydrogen-bond donors (Lipinski definition) is 2. The summed E-state index contributed by atoms with van der Waals surface area (Å²) in [4.78, 5) is 22.4. The first kappa shape index (κ1) is 19.2. The highest BCUT2D eigenvalue weighted by Gasteiger charge is 2.18. The van der Waals surface area contributed by atoms with Crippen molar-refractivity contribution in [1.82, 2.24) is 5.43 Å². The van der Waals surface area contributed by atoms with Crippen LogP contribution in [0.3, 0.4) is 0 Å². The lowest BCUT2D eigenvalue weighted by atomic mass is 10.2. The van der Waals surface area contributed by atoms with Crippen molar-refractivity contribution >= 4 is 33.7 Å². The van der Waals surface area contributed by atoms with E-state index in [9.17, 15) is 20.0 Å². The van der Waals surface area contributed by atoms with Crippen LogP contribution in [-0.2, 0) is 0 Å². The Hall–Kier alpha value is -3.14. The minimum Gasteiger partial charge on any atom is -0.502 e. The van der Waals surface area contributed by atoms with E-state index in [-0.39, 0.29) is 16.9 Å². The molecule has 2 aromatic rings. The zero-order valence-electron chi connectivity index (χ0n) is 13.7. The van der Waals surface area contributed by atoms with Crippen LogP contribution in [0, 0.1) is 10.1 Å². The van der Waals surface area contributed by atoms with Gasteiger partial charge in [0.05, 0.1) is 30.9 Å². The number of benzene rings is 2. The summed E-state index contributed by atoms with van der Waals surface area (Å²) in [6.07, 6.45) is 1.10. The van der Waals surface area contributed by atoms with Crippen LogP contribution in [-0.4, -0.2) is 36.4 Å². The van der Waals surface area contributed by atoms with E-state index >= 15 is 0 Å². The van der Waals surface area contributed by atoms with E-state index in [0.717, 1.165) is 12.3 Å². The normalized spacial score (nSPS) is 10.6. The average Bonchev–Trinajstić information content (AvgIpc) is 2.63. The van der Waals surface area contributed by atoms with Crippen LogP contribution in [0.2, 0.25) is 0 Å². The molecule has 0 heterocycles. The molecule has 2 rings (SSSR count). The highest BCUT2D eigenvalue weighted by Crippen LogP contribution is 2.32. The average molecular weight is 424 g/mol. The number of hydrazone groups is 1. The second-order valence-corrected chi connectivity index (χ2v) is 5.80. The molecule has 2 aromatic carbocycles. The second kappa shape index (κ2) is 8.30. The Bertz CT molecular complexity index is 885. The van der Waals surface area contributed by atoms with Crippen LogP contribution in [0.1, 0.15) is 15.9 Å². The number of nitrogens with one attached hydrogen (secondary N) is 1. The van der Waals surface area contributed by atoms with Crippen LogP contribution in [0.4, 0.5) is 5.69 Å². The Morgan fingerprint density at radius 3 is 2.65 bits per heavy atom. The number of ether oxygens (including phenoxy) is 2. The van der Waals surface area contributed by atoms with E-state index in [1.54, 1.807) is 12.1 Å². The highest BCUT2D eigenvalue weighted by molar-refractivity contribution is 9.10. The largest absolute Gasteiger partial charge is 0.502 e. The number of aromatic hydroxyl groups is 1. The molecular formula is C16H14BrN3O6. The standard InChI is InChI=1S/C16H14BrN3O6/c1-25-11-3-4-12(14(7-11)26-2)16(22)19-18-8-9-5-10(17)6-13(15(9)21)20(23)24/h3-8,21H,1-2H3,(H,19,22). The molecule has 9 nitrogen and oxygen atoms in total. The van der Waals surface area contributed by atoms with Gasteiger partial charge in [-0.25, -0.2) is 5.43 Å². The number of nitro benzene ring substituents is 1. The number of carbonyl (C=O) groups is 1. The number of nitrogens with zero attached hydrogens (tertiary/aromatic N) is 2. The van der Waals surface area contributed by atoms with Crippen molar-refractivity contribution in [2.45, 2.75) is 0 Å². The molecule has 0 unspecified atom stereocenters. The molecule has 26 heavy (non-hydrogen) atoms. The molecule has 0 radical (unpaired) electrons. The molecule has 1 amide bonds. The van der Waals surface area contributed by atoms with Gasteiger partial charge in [-0.05, 0) is 18.2 Å². The second-order valence-electron chi connectivity index (χ2n) is 4.89. The lowest BCUT2D eigenvalue weighted by Crippen LogP contribution is -2.18. The summed E-state index contributed by atoms with van der Waals surface area (Å²) in [5.41, 5.74) is 2.07. The van der Waals surface area contributed by atoms with Gasteiger partial charge in [-0.2, -0.15) is 5.10 Å². The van der Waals surface area contributed by atoms with Crippen LogP contribution < -0.4 is 14.9 Å². The van der Waals surface area contributed by atoms with Crippen molar-refractivity contribution < 1.29 is 24.3 Å². The van der Waals surface area contributed by atoms with Crippen molar-refractivity contribution in [3.8, 4) is 17.2 Å². The number of nitro groups is 1. The Balaban J connectivity index is 2.21. The summed E-state index contributed by atoms with van der Waals surface area (Å²) in [5, 5.41) is 24.5. The Morgan fingerprint density at radius 2 is 2.04 bits per heavy atom. The van der Waals surface area contributed by atoms with Crippen LogP contribution in [0.15, 0.2) is 39.9 Å². The molecule has 2 N–H and O–H groups in total. The van der Waals surface area contributed by atoms with E-state index in [1.807, 2.05) is 0 Å². The Labute approximate surface area is 156 Å². The van der Waals surface area contributed by atoms with Crippen molar-refractivity contribution in [2.24, 2.45) is 5.10 Å². The molecule has 0 aliphatic rings. The fourth-order valence-corrected chi connectivity index (χ4v) is 2.51. The molecule has 0 aromatic heterocycles. The van der Waals surface area contributed by atoms with E-state index in [0.29, 0.717) is 10.2 Å². The van der Waals surface area contributed by atoms with E-state index in [4.69, 9.17) is 9.47 Å². The molecule has 0 aliphatic carbocycles. The van der Waals surface area contributed by atoms with Gasteiger partial charge in [-0.15, -0.1) is 0 Å². The SMILES string of the molecule is COc1ccc(C(=O)NN=Cc2cc(Br)cc([N+](=O)[O-])c2O)c(OC)c1. The maximum Gasteiger partial charge on any atom is 0.312 e. The zero-order valence-corrected chi connectivity index (χ0v) is 15.3. The number of amides is 1. The zero-order chi connectivity index (χ0) is 19.3. The minimum atomic E-state index is -0.724. The maximum absolute atomic E-state index is 12.2. The number of phenols is 1. The van der Waals surface area contributed by atoms with E-state index < -0.39 is 22.3 Å². The number of hydrogen-bond acceptors (Lipinski definition) is 7.